The highest BCUT2D eigenvalue weighted by molar-refractivity contribution is 5.91. The van der Waals surface area contributed by atoms with E-state index in [0.717, 1.165) is 25.9 Å². The largest absolute Gasteiger partial charge is 0.337 e. The first-order valence-electron chi connectivity index (χ1n) is 8.40. The number of hydrogen-bond donors (Lipinski definition) is 1. The molecule has 0 spiro atoms. The molecule has 0 radical (unpaired) electrons. The fraction of sp³-hybridized carbons (Fsp3) is 0.611. The first-order chi connectivity index (χ1) is 10.3. The van der Waals surface area contributed by atoms with Crippen molar-refractivity contribution in [2.24, 2.45) is 0 Å². The lowest BCUT2D eigenvalue weighted by molar-refractivity contribution is -0.134. The van der Waals surface area contributed by atoms with Crippen molar-refractivity contribution in [2.45, 2.75) is 56.0 Å². The van der Waals surface area contributed by atoms with E-state index in [4.69, 9.17) is 0 Å². The Morgan fingerprint density at radius 3 is 2.52 bits per heavy atom. The Morgan fingerprint density at radius 2 is 1.95 bits per heavy atom. The minimum absolute atomic E-state index is 0.192. The molecule has 0 bridgehead atoms. The summed E-state index contributed by atoms with van der Waals surface area (Å²) in [6.07, 6.45) is 6.91. The highest BCUT2D eigenvalue weighted by Gasteiger charge is 2.54. The molecule has 1 unspecified atom stereocenters. The van der Waals surface area contributed by atoms with Crippen molar-refractivity contribution in [3.05, 3.63) is 35.9 Å². The van der Waals surface area contributed by atoms with E-state index < -0.39 is 0 Å². The fourth-order valence-corrected chi connectivity index (χ4v) is 3.72. The van der Waals surface area contributed by atoms with E-state index in [-0.39, 0.29) is 5.41 Å². The zero-order valence-electron chi connectivity index (χ0n) is 12.6. The number of nitrogens with one attached hydrogen (secondary N) is 1. The summed E-state index contributed by atoms with van der Waals surface area (Å²) < 4.78 is 0. The molecule has 1 amide bonds. The van der Waals surface area contributed by atoms with Crippen molar-refractivity contribution in [3.8, 4) is 0 Å². The Labute approximate surface area is 126 Å². The number of amides is 1. The average Bonchev–Trinajstić information content (AvgIpc) is 3.44. The van der Waals surface area contributed by atoms with Crippen molar-refractivity contribution < 1.29 is 4.79 Å². The molecule has 1 saturated heterocycles. The molecule has 2 aliphatic carbocycles. The van der Waals surface area contributed by atoms with E-state index in [0.29, 0.717) is 18.0 Å². The molecule has 1 aromatic rings. The normalized spacial score (nSPS) is 26.6. The lowest BCUT2D eigenvalue weighted by atomic mass is 9.94. The summed E-state index contributed by atoms with van der Waals surface area (Å²) in [5, 5.41) is 3.54. The maximum absolute atomic E-state index is 13.2. The zero-order valence-corrected chi connectivity index (χ0v) is 12.6. The number of nitrogens with zero attached hydrogens (tertiary/aromatic N) is 1. The summed E-state index contributed by atoms with van der Waals surface area (Å²) in [5.41, 5.74) is 1.03. The van der Waals surface area contributed by atoms with Crippen LogP contribution in [0.1, 0.15) is 44.1 Å². The van der Waals surface area contributed by atoms with Crippen LogP contribution in [-0.4, -0.2) is 36.0 Å². The van der Waals surface area contributed by atoms with Crippen molar-refractivity contribution >= 4 is 5.91 Å². The molecule has 3 nitrogen and oxygen atoms in total. The van der Waals surface area contributed by atoms with Crippen LogP contribution in [0.15, 0.2) is 30.3 Å². The Bertz CT molecular complexity index is 513. The average molecular weight is 284 g/mol. The number of rotatable bonds is 5. The monoisotopic (exact) mass is 284 g/mol. The van der Waals surface area contributed by atoms with Crippen molar-refractivity contribution in [3.63, 3.8) is 0 Å². The highest BCUT2D eigenvalue weighted by atomic mass is 16.2. The first kappa shape index (κ1) is 13.3. The second-order valence-corrected chi connectivity index (χ2v) is 6.93. The summed E-state index contributed by atoms with van der Waals surface area (Å²) in [6, 6.07) is 11.4. The predicted octanol–water partition coefficient (Wildman–Crippen LogP) is 2.46. The van der Waals surface area contributed by atoms with E-state index >= 15 is 0 Å². The molecule has 2 saturated carbocycles. The lowest BCUT2D eigenvalue weighted by Gasteiger charge is -2.30. The van der Waals surface area contributed by atoms with Crippen LogP contribution in [0.4, 0.5) is 0 Å². The van der Waals surface area contributed by atoms with E-state index in [1.807, 2.05) is 6.07 Å². The van der Waals surface area contributed by atoms with Gasteiger partial charge in [0.1, 0.15) is 0 Å². The molecule has 1 aromatic carbocycles. The topological polar surface area (TPSA) is 32.3 Å². The van der Waals surface area contributed by atoms with Gasteiger partial charge in [-0.1, -0.05) is 30.3 Å². The zero-order chi connectivity index (χ0) is 14.3. The number of carbonyl (C=O) groups excluding carboxylic acids is 1. The number of carbonyl (C=O) groups is 1. The third-order valence-corrected chi connectivity index (χ3v) is 5.31. The second kappa shape index (κ2) is 5.13. The molecule has 21 heavy (non-hydrogen) atoms. The van der Waals surface area contributed by atoms with Crippen molar-refractivity contribution in [1.82, 2.24) is 10.2 Å². The van der Waals surface area contributed by atoms with Gasteiger partial charge in [0, 0.05) is 18.6 Å². The third kappa shape index (κ3) is 2.48. The molecule has 3 aliphatic rings. The van der Waals surface area contributed by atoms with E-state index in [9.17, 15) is 4.79 Å². The minimum atomic E-state index is -0.192. The van der Waals surface area contributed by atoms with Gasteiger partial charge in [-0.25, -0.2) is 0 Å². The molecule has 112 valence electrons. The van der Waals surface area contributed by atoms with Crippen LogP contribution in [0.2, 0.25) is 0 Å². The van der Waals surface area contributed by atoms with Gasteiger partial charge in [-0.3, -0.25) is 4.79 Å². The maximum Gasteiger partial charge on any atom is 0.233 e. The lowest BCUT2D eigenvalue weighted by Crippen LogP contribution is -2.46. The Morgan fingerprint density at radius 1 is 1.19 bits per heavy atom. The molecule has 1 atom stereocenters. The van der Waals surface area contributed by atoms with E-state index in [2.05, 4.69) is 34.5 Å². The quantitative estimate of drug-likeness (QED) is 0.901. The van der Waals surface area contributed by atoms with Crippen LogP contribution in [0.25, 0.3) is 0 Å². The summed E-state index contributed by atoms with van der Waals surface area (Å²) in [6.45, 7) is 2.03. The standard InChI is InChI=1S/C18H24N2O/c21-17(18(10-11-18)14-5-2-1-3-6-14)20(16-8-9-16)13-15-7-4-12-19-15/h1-3,5-6,15-16,19H,4,7-13H2. The maximum atomic E-state index is 13.2. The first-order valence-corrected chi connectivity index (χ1v) is 8.40. The molecule has 1 aliphatic heterocycles. The third-order valence-electron chi connectivity index (χ3n) is 5.31. The van der Waals surface area contributed by atoms with Crippen LogP contribution < -0.4 is 5.32 Å². The second-order valence-electron chi connectivity index (χ2n) is 6.93. The molecular formula is C18H24N2O. The molecule has 0 aromatic heterocycles. The Balaban J connectivity index is 1.54. The van der Waals surface area contributed by atoms with Gasteiger partial charge in [0.2, 0.25) is 5.91 Å². The Hall–Kier alpha value is -1.35. The SMILES string of the molecule is O=C(N(CC1CCCN1)C1CC1)C1(c2ccccc2)CC1. The number of benzene rings is 1. The smallest absolute Gasteiger partial charge is 0.233 e. The summed E-state index contributed by atoms with van der Waals surface area (Å²) in [7, 11) is 0. The van der Waals surface area contributed by atoms with Gasteiger partial charge in [0.05, 0.1) is 5.41 Å². The molecule has 1 N–H and O–H groups in total. The van der Waals surface area contributed by atoms with Gasteiger partial charge >= 0.3 is 0 Å². The minimum Gasteiger partial charge on any atom is -0.337 e. The van der Waals surface area contributed by atoms with Crippen LogP contribution in [0, 0.1) is 0 Å². The molecule has 4 rings (SSSR count). The number of hydrogen-bond acceptors (Lipinski definition) is 2. The van der Waals surface area contributed by atoms with Gasteiger partial charge in [-0.2, -0.15) is 0 Å². The van der Waals surface area contributed by atoms with Gasteiger partial charge in [0.25, 0.3) is 0 Å². The van der Waals surface area contributed by atoms with Gasteiger partial charge < -0.3 is 10.2 Å². The van der Waals surface area contributed by atoms with Gasteiger partial charge in [0.15, 0.2) is 0 Å². The summed E-state index contributed by atoms with van der Waals surface area (Å²) in [5.74, 6) is 0.393. The van der Waals surface area contributed by atoms with E-state index in [1.54, 1.807) is 0 Å². The summed E-state index contributed by atoms with van der Waals surface area (Å²) >= 11 is 0. The summed E-state index contributed by atoms with van der Waals surface area (Å²) in [4.78, 5) is 15.4. The molecule has 3 heteroatoms. The van der Waals surface area contributed by atoms with Crippen molar-refractivity contribution in [1.29, 1.82) is 0 Å². The van der Waals surface area contributed by atoms with E-state index in [1.165, 1.54) is 31.2 Å². The van der Waals surface area contributed by atoms with Gasteiger partial charge in [-0.15, -0.1) is 0 Å². The van der Waals surface area contributed by atoms with Crippen LogP contribution in [0.5, 0.6) is 0 Å². The van der Waals surface area contributed by atoms with Crippen molar-refractivity contribution in [2.75, 3.05) is 13.1 Å². The van der Waals surface area contributed by atoms with Crippen LogP contribution in [0.3, 0.4) is 0 Å². The Kier molecular flexibility index (Phi) is 3.26. The molecule has 3 fully saturated rings. The van der Waals surface area contributed by atoms with Gasteiger partial charge in [-0.05, 0) is 50.6 Å². The van der Waals surface area contributed by atoms with Crippen LogP contribution >= 0.6 is 0 Å². The van der Waals surface area contributed by atoms with Crippen LogP contribution in [-0.2, 0) is 10.2 Å². The highest BCUT2D eigenvalue weighted by Crippen LogP contribution is 2.50. The predicted molar refractivity (Wildman–Crippen MR) is 83.1 cm³/mol. The molecule has 1 heterocycles. The molecular weight excluding hydrogens is 260 g/mol. The fourth-order valence-electron chi connectivity index (χ4n) is 3.72.